The Balaban J connectivity index is 0.00000722. The number of rotatable bonds is 44. The molecule has 4 aliphatic rings. The van der Waals surface area contributed by atoms with E-state index in [1.807, 2.05) is 194 Å². The Morgan fingerprint density at radius 3 is 0.690 bits per heavy atom. The minimum absolute atomic E-state index is 0. The minimum Gasteiger partial charge on any atom is -0.656 e. The van der Waals surface area contributed by atoms with Crippen molar-refractivity contribution in [2.75, 3.05) is 187 Å². The number of benzene rings is 4. The molecule has 0 aliphatic carbocycles. The zero-order chi connectivity index (χ0) is 85.3. The fraction of sp³-hybridized carbons (Fsp3) is 0.280. The molecule has 0 N–H and O–H groups in total. The van der Waals surface area contributed by atoms with Crippen molar-refractivity contribution in [2.45, 2.75) is 0 Å². The number of hydrogen-bond acceptors (Lipinski definition) is 20. The van der Waals surface area contributed by atoms with Crippen LogP contribution in [0.25, 0.3) is 137 Å². The molecule has 0 radical (unpaired) electrons. The van der Waals surface area contributed by atoms with Crippen LogP contribution in [0.4, 0.5) is 0 Å². The predicted molar refractivity (Wildman–Crippen MR) is 481 cm³/mol. The van der Waals surface area contributed by atoms with Crippen molar-refractivity contribution in [3.8, 4) is 116 Å². The van der Waals surface area contributed by atoms with Gasteiger partial charge in [0, 0.05) is 50.7 Å². The van der Waals surface area contributed by atoms with Gasteiger partial charge in [0.2, 0.25) is 0 Å². The van der Waals surface area contributed by atoms with E-state index in [0.29, 0.717) is 289 Å². The molecule has 16 bridgehead atoms. The largest absolute Gasteiger partial charge is 2.00 e. The minimum atomic E-state index is 0. The van der Waals surface area contributed by atoms with Gasteiger partial charge in [-0.2, -0.15) is 0 Å². The fourth-order valence-corrected chi connectivity index (χ4v) is 13.8. The molecule has 0 spiro atoms. The van der Waals surface area contributed by atoms with Gasteiger partial charge in [0.15, 0.2) is 0 Å². The monoisotopic (exact) mass is 1790 g/mol. The molecule has 14 rings (SSSR count). The predicted octanol–water partition coefficient (Wildman–Crippen LogP) is 14.4. The van der Waals surface area contributed by atoms with E-state index in [1.54, 1.807) is 28.4 Å². The maximum Gasteiger partial charge on any atom is 2.00 e. The summed E-state index contributed by atoms with van der Waals surface area (Å²) < 4.78 is 91.5. The SMILES string of the molecule is C#Cc1c2nc(c(-c3cccc(OCCOCCOCCOC)c3)c3ccc([n-]3)c(C#CC#Cc3c4nc(c(-c5cccc(OCCOCCOCCOC)c5)c5ccc([n-]5)c(C#C)c5nc(c(-c6cccc(OCCOCCOCCOC)c6)c6ccc3[n-]6)C=C5)C=C4)c3nc(c(-c4cccc(OCCOCCOCCOC)c4)c4ccc1[n-]4)C=C3)C=C2.[Zn+2].[Zn+2]. The van der Waals surface area contributed by atoms with Crippen LogP contribution in [0.2, 0.25) is 0 Å². The molecule has 0 amide bonds. The summed E-state index contributed by atoms with van der Waals surface area (Å²) in [6.07, 6.45) is 28.4. The summed E-state index contributed by atoms with van der Waals surface area (Å²) in [5, 5.41) is 0. The Kier molecular flexibility index (Phi) is 36.5. The number of methoxy groups -OCH3 is 4. The van der Waals surface area contributed by atoms with E-state index in [1.165, 1.54) is 0 Å². The first-order chi connectivity index (χ1) is 61.3. The second-order valence-electron chi connectivity index (χ2n) is 27.9. The van der Waals surface area contributed by atoms with Crippen molar-refractivity contribution < 1.29 is 115 Å². The van der Waals surface area contributed by atoms with E-state index >= 15 is 0 Å². The zero-order valence-electron chi connectivity index (χ0n) is 71.1. The smallest absolute Gasteiger partial charge is 0.656 e. The van der Waals surface area contributed by atoms with Gasteiger partial charge in [0.25, 0.3) is 0 Å². The second-order valence-corrected chi connectivity index (χ2v) is 27.9. The van der Waals surface area contributed by atoms with Gasteiger partial charge >= 0.3 is 39.0 Å². The van der Waals surface area contributed by atoms with Gasteiger partial charge in [0.05, 0.1) is 178 Å². The molecule has 126 heavy (non-hydrogen) atoms. The van der Waals surface area contributed by atoms with Gasteiger partial charge in [-0.25, -0.2) is 19.9 Å². The molecular weight excluding hydrogens is 1700 g/mol. The van der Waals surface area contributed by atoms with E-state index < -0.39 is 0 Å². The first-order valence-electron chi connectivity index (χ1n) is 40.9. The van der Waals surface area contributed by atoms with E-state index in [4.69, 9.17) is 129 Å². The molecule has 4 aromatic carbocycles. The van der Waals surface area contributed by atoms with E-state index in [0.717, 1.165) is 22.3 Å². The van der Waals surface area contributed by atoms with Gasteiger partial charge < -0.3 is 95.7 Å². The third kappa shape index (κ3) is 25.1. The number of hydrogen-bond donors (Lipinski definition) is 0. The van der Waals surface area contributed by atoms with Crippen LogP contribution in [0.1, 0.15) is 67.8 Å². The second kappa shape index (κ2) is 49.3. The Bertz CT molecular complexity index is 5610. The summed E-state index contributed by atoms with van der Waals surface area (Å²) in [7, 11) is 6.55. The third-order valence-corrected chi connectivity index (χ3v) is 19.6. The zero-order valence-corrected chi connectivity index (χ0v) is 77.1. The standard InChI is InChI=1S/C100H94N8O16.2Zn/c1-7-77-81-25-33-89(101-81)97(69-15-11-19-73(65-69)121-61-57-117-53-49-113-45-41-109-3)93-37-29-85(105-93)79(86-30-38-94(106-86)98(90-34-26-82(77)102-90)70-16-12-20-74(66-70)122-62-58-118-54-50-114-46-42-110-4)23-9-10-24-80-87-31-39-95(107-87)99(71-17-13-21-75(67-71)123-63-59-119-55-51-115-47-43-111-5)91-35-27-83(103-91)78(8-2)84-28-36-92(104-84)100(96-40-32-88(80)108-96)72-18-14-22-76(68-72)124-64-60-120-56-52-116-48-44-112-6;;/h1-2,11-22,25-40,65-68H,41-64H2,3-6H3;;/q-4;2*+2. The van der Waals surface area contributed by atoms with Gasteiger partial charge in [-0.15, -0.1) is 57.0 Å². The number of nitrogens with zero attached hydrogens (tertiary/aromatic N) is 8. The van der Waals surface area contributed by atoms with E-state index in [9.17, 15) is 0 Å². The van der Waals surface area contributed by atoms with Crippen molar-refractivity contribution in [2.24, 2.45) is 0 Å². The van der Waals surface area contributed by atoms with Crippen molar-refractivity contribution in [1.82, 2.24) is 39.9 Å². The molecule has 0 saturated carbocycles. The van der Waals surface area contributed by atoms with Crippen LogP contribution in [-0.2, 0) is 95.8 Å². The van der Waals surface area contributed by atoms with Gasteiger partial charge in [-0.05, 0) is 153 Å². The molecule has 26 heteroatoms. The van der Waals surface area contributed by atoms with Crippen molar-refractivity contribution >= 4 is 92.7 Å². The topological polar surface area (TPSA) is 256 Å². The van der Waals surface area contributed by atoms with Crippen LogP contribution in [0.3, 0.4) is 0 Å². The molecule has 0 saturated heterocycles. The summed E-state index contributed by atoms with van der Waals surface area (Å²) >= 11 is 0. The molecule has 0 fully saturated rings. The number of ether oxygens (including phenoxy) is 16. The Morgan fingerprint density at radius 1 is 0.246 bits per heavy atom. The summed E-state index contributed by atoms with van der Waals surface area (Å²) in [6.45, 7) is 9.82. The first-order valence-corrected chi connectivity index (χ1v) is 40.9. The number of terminal acetylenes is 2. The van der Waals surface area contributed by atoms with Gasteiger partial charge in [-0.3, -0.25) is 0 Å². The van der Waals surface area contributed by atoms with Gasteiger partial charge in [-0.1, -0.05) is 121 Å². The summed E-state index contributed by atoms with van der Waals surface area (Å²) in [6, 6.07) is 46.6. The average Bonchev–Trinajstić information content (AvgIpc) is 1.63. The Morgan fingerprint density at radius 2 is 0.452 bits per heavy atom. The maximum atomic E-state index is 6.47. The van der Waals surface area contributed by atoms with Crippen molar-refractivity contribution in [1.29, 1.82) is 0 Å². The van der Waals surface area contributed by atoms with Crippen LogP contribution in [0, 0.1) is 48.4 Å². The van der Waals surface area contributed by atoms with E-state index in [2.05, 4.69) is 35.5 Å². The summed E-state index contributed by atoms with van der Waals surface area (Å²) in [4.78, 5) is 43.0. The van der Waals surface area contributed by atoms with Crippen molar-refractivity contribution in [3.05, 3.63) is 213 Å². The van der Waals surface area contributed by atoms with Gasteiger partial charge in [0.1, 0.15) is 49.4 Å². The van der Waals surface area contributed by atoms with Crippen molar-refractivity contribution in [3.63, 3.8) is 0 Å². The summed E-state index contributed by atoms with van der Waals surface area (Å²) in [5.41, 5.74) is 16.7. The normalized spacial score (nSPS) is 11.6. The Labute approximate surface area is 758 Å². The Hall–Kier alpha value is -11.7. The fourth-order valence-electron chi connectivity index (χ4n) is 13.8. The van der Waals surface area contributed by atoms with Crippen LogP contribution in [0.5, 0.6) is 23.0 Å². The quantitative estimate of drug-likeness (QED) is 0.0195. The molecule has 4 aliphatic heterocycles. The molecule has 0 unspecified atom stereocenters. The third-order valence-electron chi connectivity index (χ3n) is 19.6. The van der Waals surface area contributed by atoms with Crippen LogP contribution < -0.4 is 38.9 Å². The molecule has 10 heterocycles. The van der Waals surface area contributed by atoms with Crippen LogP contribution in [0.15, 0.2) is 146 Å². The molecule has 6 aromatic heterocycles. The number of aromatic nitrogens is 8. The van der Waals surface area contributed by atoms with E-state index in [-0.39, 0.29) is 65.4 Å². The molecular formula is C100H94N8O16Zn2. The molecule has 10 aromatic rings. The maximum absolute atomic E-state index is 6.47. The molecule has 24 nitrogen and oxygen atoms in total. The first kappa shape index (κ1) is 93.4. The van der Waals surface area contributed by atoms with Crippen LogP contribution >= 0.6 is 0 Å². The molecule has 634 valence electrons. The average molecular weight is 1790 g/mol. The number of fused-ring (bicyclic) bond motifs is 16. The van der Waals surface area contributed by atoms with Crippen LogP contribution in [-0.4, -0.2) is 207 Å². The molecule has 0 atom stereocenters. The summed E-state index contributed by atoms with van der Waals surface area (Å²) in [5.74, 6) is 21.8.